The van der Waals surface area contributed by atoms with Gasteiger partial charge in [0.25, 0.3) is 5.91 Å². The summed E-state index contributed by atoms with van der Waals surface area (Å²) in [6.45, 7) is 0.949. The summed E-state index contributed by atoms with van der Waals surface area (Å²) in [4.78, 5) is 18.6. The Balaban J connectivity index is 1.69. The molecular weight excluding hydrogens is 334 g/mol. The Bertz CT molecular complexity index is 802. The van der Waals surface area contributed by atoms with E-state index in [2.05, 4.69) is 4.98 Å². The molecule has 0 spiro atoms. The summed E-state index contributed by atoms with van der Waals surface area (Å²) < 4.78 is 22.3. The molecule has 1 saturated heterocycles. The van der Waals surface area contributed by atoms with Crippen LogP contribution in [0, 0.1) is 5.92 Å². The summed E-state index contributed by atoms with van der Waals surface area (Å²) in [7, 11) is -3.50. The lowest BCUT2D eigenvalue weighted by atomic mass is 10.2. The molecule has 8 heteroatoms. The van der Waals surface area contributed by atoms with Crippen molar-refractivity contribution in [2.45, 2.75) is 6.42 Å². The highest BCUT2D eigenvalue weighted by atomic mass is 32.2. The number of nitrogens with two attached hydrogens (primary N) is 1. The molecule has 1 aromatic heterocycles. The number of likely N-dealkylation sites (tertiary alicyclic amines) is 1. The van der Waals surface area contributed by atoms with E-state index in [1.165, 1.54) is 11.3 Å². The molecular formula is C15H17N3O3S2. The first-order chi connectivity index (χ1) is 10.9. The van der Waals surface area contributed by atoms with Crippen molar-refractivity contribution in [1.82, 2.24) is 9.88 Å². The number of carbonyl (C=O) groups is 1. The number of primary sulfonamides is 1. The third-order valence-corrected chi connectivity index (χ3v) is 5.61. The fourth-order valence-corrected chi connectivity index (χ4v) is 4.46. The number of hydrogen-bond acceptors (Lipinski definition) is 5. The number of nitrogens with zero attached hydrogens (tertiary/aromatic N) is 2. The zero-order valence-electron chi connectivity index (χ0n) is 12.4. The molecule has 1 atom stereocenters. The van der Waals surface area contributed by atoms with Crippen molar-refractivity contribution in [3.05, 3.63) is 41.4 Å². The monoisotopic (exact) mass is 351 g/mol. The van der Waals surface area contributed by atoms with Crippen LogP contribution in [0.2, 0.25) is 0 Å². The minimum atomic E-state index is -3.50. The quantitative estimate of drug-likeness (QED) is 0.904. The van der Waals surface area contributed by atoms with Gasteiger partial charge in [-0.05, 0) is 12.3 Å². The maximum absolute atomic E-state index is 12.5. The van der Waals surface area contributed by atoms with Crippen molar-refractivity contribution in [1.29, 1.82) is 0 Å². The smallest absolute Gasteiger partial charge is 0.273 e. The second-order valence-electron chi connectivity index (χ2n) is 5.64. The van der Waals surface area contributed by atoms with Gasteiger partial charge in [0.15, 0.2) is 0 Å². The number of benzene rings is 1. The van der Waals surface area contributed by atoms with Crippen LogP contribution in [0.3, 0.4) is 0 Å². The normalized spacial score (nSPS) is 18.3. The fraction of sp³-hybridized carbons (Fsp3) is 0.333. The summed E-state index contributed by atoms with van der Waals surface area (Å²) in [5, 5.41) is 7.62. The van der Waals surface area contributed by atoms with Crippen LogP contribution >= 0.6 is 11.3 Å². The summed E-state index contributed by atoms with van der Waals surface area (Å²) >= 11 is 1.43. The molecule has 2 N–H and O–H groups in total. The van der Waals surface area contributed by atoms with Crippen LogP contribution < -0.4 is 5.14 Å². The first kappa shape index (κ1) is 16.1. The van der Waals surface area contributed by atoms with E-state index in [1.54, 1.807) is 10.3 Å². The zero-order chi connectivity index (χ0) is 16.4. The Kier molecular flexibility index (Phi) is 4.47. The van der Waals surface area contributed by atoms with Crippen LogP contribution in [0.25, 0.3) is 10.6 Å². The number of hydrogen-bond donors (Lipinski definition) is 1. The molecule has 6 nitrogen and oxygen atoms in total. The summed E-state index contributed by atoms with van der Waals surface area (Å²) in [6.07, 6.45) is 0.651. The molecule has 0 bridgehead atoms. The highest BCUT2D eigenvalue weighted by Gasteiger charge is 2.30. The number of aromatic nitrogens is 1. The lowest BCUT2D eigenvalue weighted by molar-refractivity contribution is 0.0783. The zero-order valence-corrected chi connectivity index (χ0v) is 14.0. The van der Waals surface area contributed by atoms with Crippen molar-refractivity contribution in [3.8, 4) is 10.6 Å². The molecule has 1 fully saturated rings. The number of thiazole rings is 1. The Labute approximate surface area is 139 Å². The van der Waals surface area contributed by atoms with E-state index in [4.69, 9.17) is 5.14 Å². The molecule has 1 amide bonds. The average Bonchev–Trinajstić information content (AvgIpc) is 3.15. The Morgan fingerprint density at radius 1 is 1.35 bits per heavy atom. The molecule has 0 aliphatic carbocycles. The van der Waals surface area contributed by atoms with Gasteiger partial charge in [-0.25, -0.2) is 18.5 Å². The first-order valence-corrected chi connectivity index (χ1v) is 9.82. The summed E-state index contributed by atoms with van der Waals surface area (Å²) in [5.41, 5.74) is 1.38. The third kappa shape index (κ3) is 3.95. The Morgan fingerprint density at radius 3 is 2.78 bits per heavy atom. The Morgan fingerprint density at radius 2 is 2.09 bits per heavy atom. The lowest BCUT2D eigenvalue weighted by Crippen LogP contribution is -2.31. The summed E-state index contributed by atoms with van der Waals surface area (Å²) in [6, 6.07) is 9.68. The maximum atomic E-state index is 12.5. The van der Waals surface area contributed by atoms with Gasteiger partial charge >= 0.3 is 0 Å². The number of amides is 1. The van der Waals surface area contributed by atoms with E-state index < -0.39 is 10.0 Å². The SMILES string of the molecule is NS(=O)(=O)C[C@@H]1CCN(C(=O)c2csc(-c3ccccc3)n2)C1. The molecule has 0 saturated carbocycles. The molecule has 122 valence electrons. The molecule has 23 heavy (non-hydrogen) atoms. The third-order valence-electron chi connectivity index (χ3n) is 3.79. The lowest BCUT2D eigenvalue weighted by Gasteiger charge is -2.14. The largest absolute Gasteiger partial charge is 0.337 e. The van der Waals surface area contributed by atoms with Gasteiger partial charge in [-0.1, -0.05) is 30.3 Å². The minimum absolute atomic E-state index is 0.0802. The van der Waals surface area contributed by atoms with Gasteiger partial charge < -0.3 is 4.90 Å². The van der Waals surface area contributed by atoms with E-state index in [1.807, 2.05) is 30.3 Å². The standard InChI is InChI=1S/C15H17N3O3S2/c16-23(20,21)10-11-6-7-18(8-11)15(19)13-9-22-14(17-13)12-4-2-1-3-5-12/h1-5,9,11H,6-8,10H2,(H2,16,20,21)/t11-/m1/s1. The van der Waals surface area contributed by atoms with E-state index >= 15 is 0 Å². The predicted octanol–water partition coefficient (Wildman–Crippen LogP) is 1.56. The van der Waals surface area contributed by atoms with E-state index in [9.17, 15) is 13.2 Å². The van der Waals surface area contributed by atoms with Gasteiger partial charge in [0.05, 0.1) is 5.75 Å². The highest BCUT2D eigenvalue weighted by Crippen LogP contribution is 2.25. The highest BCUT2D eigenvalue weighted by molar-refractivity contribution is 7.89. The molecule has 2 aromatic rings. The minimum Gasteiger partial charge on any atom is -0.337 e. The second kappa shape index (κ2) is 6.38. The number of rotatable bonds is 4. The Hall–Kier alpha value is -1.77. The number of sulfonamides is 1. The molecule has 2 heterocycles. The van der Waals surface area contributed by atoms with Crippen molar-refractivity contribution < 1.29 is 13.2 Å². The van der Waals surface area contributed by atoms with Gasteiger partial charge in [-0.2, -0.15) is 0 Å². The van der Waals surface area contributed by atoms with Gasteiger partial charge in [0.1, 0.15) is 10.7 Å². The van der Waals surface area contributed by atoms with Gasteiger partial charge in [0, 0.05) is 24.0 Å². The molecule has 1 aliphatic heterocycles. The molecule has 3 rings (SSSR count). The maximum Gasteiger partial charge on any atom is 0.273 e. The average molecular weight is 351 g/mol. The van der Waals surface area contributed by atoms with Gasteiger partial charge in [-0.3, -0.25) is 4.79 Å². The van der Waals surface area contributed by atoms with E-state index in [0.717, 1.165) is 10.6 Å². The summed E-state index contributed by atoms with van der Waals surface area (Å²) in [5.74, 6) is -0.329. The van der Waals surface area contributed by atoms with E-state index in [-0.39, 0.29) is 17.6 Å². The van der Waals surface area contributed by atoms with Crippen LogP contribution in [-0.4, -0.2) is 43.1 Å². The van der Waals surface area contributed by atoms with Crippen LogP contribution in [0.15, 0.2) is 35.7 Å². The first-order valence-electron chi connectivity index (χ1n) is 7.23. The van der Waals surface area contributed by atoms with Crippen molar-refractivity contribution in [2.75, 3.05) is 18.8 Å². The van der Waals surface area contributed by atoms with Crippen LogP contribution in [-0.2, 0) is 10.0 Å². The second-order valence-corrected chi connectivity index (χ2v) is 8.16. The molecule has 1 aliphatic rings. The van der Waals surface area contributed by atoms with E-state index in [0.29, 0.717) is 25.2 Å². The van der Waals surface area contributed by atoms with Gasteiger partial charge in [0.2, 0.25) is 10.0 Å². The predicted molar refractivity (Wildman–Crippen MR) is 89.5 cm³/mol. The number of carbonyl (C=O) groups excluding carboxylic acids is 1. The topological polar surface area (TPSA) is 93.4 Å². The van der Waals surface area contributed by atoms with Crippen molar-refractivity contribution >= 4 is 27.3 Å². The van der Waals surface area contributed by atoms with Crippen LogP contribution in [0.4, 0.5) is 0 Å². The molecule has 0 unspecified atom stereocenters. The van der Waals surface area contributed by atoms with Crippen LogP contribution in [0.1, 0.15) is 16.9 Å². The van der Waals surface area contributed by atoms with Gasteiger partial charge in [-0.15, -0.1) is 11.3 Å². The fourth-order valence-electron chi connectivity index (χ4n) is 2.73. The van der Waals surface area contributed by atoms with Crippen molar-refractivity contribution in [2.24, 2.45) is 11.1 Å². The molecule has 0 radical (unpaired) electrons. The van der Waals surface area contributed by atoms with Crippen molar-refractivity contribution in [3.63, 3.8) is 0 Å². The molecule has 1 aromatic carbocycles. The van der Waals surface area contributed by atoms with Crippen LogP contribution in [0.5, 0.6) is 0 Å².